The lowest BCUT2D eigenvalue weighted by Gasteiger charge is -2.20. The average molecular weight is 499 g/mol. The van der Waals surface area contributed by atoms with E-state index in [1.54, 1.807) is 4.68 Å². The highest BCUT2D eigenvalue weighted by Gasteiger charge is 2.26. The van der Waals surface area contributed by atoms with Crippen LogP contribution < -0.4 is 5.32 Å². The highest BCUT2D eigenvalue weighted by molar-refractivity contribution is 7.99. The largest absolute Gasteiger partial charge is 0.324 e. The van der Waals surface area contributed by atoms with Crippen LogP contribution in [0.5, 0.6) is 0 Å². The number of carbonyl (C=O) groups excluding carboxylic acids is 1. The number of aromatic nitrogens is 4. The molecule has 1 aromatic carbocycles. The fourth-order valence-corrected chi connectivity index (χ4v) is 6.62. The van der Waals surface area contributed by atoms with Crippen molar-refractivity contribution in [1.82, 2.24) is 24.5 Å². The number of nitrogens with one attached hydrogen (secondary N) is 1. The molecule has 0 spiro atoms. The van der Waals surface area contributed by atoms with Crippen molar-refractivity contribution in [2.24, 2.45) is 0 Å². The molecule has 2 aromatic rings. The van der Waals surface area contributed by atoms with E-state index in [2.05, 4.69) is 20.8 Å². The van der Waals surface area contributed by atoms with Crippen molar-refractivity contribution in [3.05, 3.63) is 23.2 Å². The molecular formula is C20H27ClN6O3S2. The van der Waals surface area contributed by atoms with Gasteiger partial charge in [-0.05, 0) is 54.3 Å². The first-order valence-corrected chi connectivity index (χ1v) is 13.8. The number of hydrogen-bond donors (Lipinski definition) is 1. The third kappa shape index (κ3) is 5.44. The van der Waals surface area contributed by atoms with Crippen LogP contribution in [-0.4, -0.2) is 57.7 Å². The molecule has 0 radical (unpaired) electrons. The molecule has 0 bridgehead atoms. The Bertz CT molecular complexity index is 1050. The lowest BCUT2D eigenvalue weighted by Crippen LogP contribution is -2.32. The molecule has 1 amide bonds. The maximum absolute atomic E-state index is 13.1. The minimum atomic E-state index is -3.63. The Morgan fingerprint density at radius 2 is 1.84 bits per heavy atom. The van der Waals surface area contributed by atoms with Crippen LogP contribution >= 0.6 is 23.4 Å². The van der Waals surface area contributed by atoms with E-state index in [1.165, 1.54) is 34.3 Å². The Labute approximate surface area is 197 Å². The van der Waals surface area contributed by atoms with Crippen LogP contribution in [0.15, 0.2) is 28.3 Å². The number of benzene rings is 1. The first-order chi connectivity index (χ1) is 15.4. The van der Waals surface area contributed by atoms with Gasteiger partial charge in [0.2, 0.25) is 21.1 Å². The number of carbonyl (C=O) groups is 1. The molecule has 32 heavy (non-hydrogen) atoms. The standard InChI is InChI=1S/C20H27ClN6O3S2/c21-17-10-9-16(32(29,30)26-11-5-1-2-6-12-26)13-18(17)22-19(28)14-31-20-23-24-25-27(20)15-7-3-4-8-15/h9-10,13,15H,1-8,11-12,14H2,(H,22,28). The van der Waals surface area contributed by atoms with Crippen LogP contribution in [0.25, 0.3) is 0 Å². The molecule has 0 unspecified atom stereocenters. The van der Waals surface area contributed by atoms with Crippen LogP contribution in [0, 0.1) is 0 Å². The minimum Gasteiger partial charge on any atom is -0.324 e. The third-order valence-electron chi connectivity index (χ3n) is 5.88. The summed E-state index contributed by atoms with van der Waals surface area (Å²) >= 11 is 7.50. The maximum atomic E-state index is 13.1. The smallest absolute Gasteiger partial charge is 0.243 e. The lowest BCUT2D eigenvalue weighted by molar-refractivity contribution is -0.113. The molecule has 2 heterocycles. The van der Waals surface area contributed by atoms with Crippen molar-refractivity contribution in [3.63, 3.8) is 0 Å². The molecule has 9 nitrogen and oxygen atoms in total. The number of sulfonamides is 1. The summed E-state index contributed by atoms with van der Waals surface area (Å²) in [7, 11) is -3.63. The van der Waals surface area contributed by atoms with Crippen molar-refractivity contribution >= 4 is 45.0 Å². The minimum absolute atomic E-state index is 0.0898. The molecule has 1 N–H and O–H groups in total. The summed E-state index contributed by atoms with van der Waals surface area (Å²) < 4.78 is 29.5. The van der Waals surface area contributed by atoms with Gasteiger partial charge in [-0.25, -0.2) is 13.1 Å². The molecule has 2 fully saturated rings. The van der Waals surface area contributed by atoms with E-state index in [0.717, 1.165) is 51.4 Å². The number of tetrazole rings is 1. The zero-order valence-corrected chi connectivity index (χ0v) is 20.1. The average Bonchev–Trinajstić information content (AvgIpc) is 3.39. The van der Waals surface area contributed by atoms with Gasteiger partial charge in [-0.15, -0.1) is 5.10 Å². The fourth-order valence-electron chi connectivity index (χ4n) is 4.17. The first kappa shape index (κ1) is 23.5. The van der Waals surface area contributed by atoms with Crippen molar-refractivity contribution in [3.8, 4) is 0 Å². The Morgan fingerprint density at radius 3 is 2.56 bits per heavy atom. The summed E-state index contributed by atoms with van der Waals surface area (Å²) in [5.41, 5.74) is 0.281. The van der Waals surface area contributed by atoms with Crippen molar-refractivity contribution < 1.29 is 13.2 Å². The molecule has 174 valence electrons. The van der Waals surface area contributed by atoms with E-state index in [0.29, 0.717) is 18.2 Å². The van der Waals surface area contributed by atoms with Crippen LogP contribution in [-0.2, 0) is 14.8 Å². The zero-order valence-electron chi connectivity index (χ0n) is 17.7. The van der Waals surface area contributed by atoms with Gasteiger partial charge in [0, 0.05) is 13.1 Å². The van der Waals surface area contributed by atoms with Crippen LogP contribution in [0.2, 0.25) is 5.02 Å². The van der Waals surface area contributed by atoms with Crippen molar-refractivity contribution in [1.29, 1.82) is 0 Å². The van der Waals surface area contributed by atoms with Gasteiger partial charge in [-0.2, -0.15) is 4.31 Å². The predicted octanol–water partition coefficient (Wildman–Crippen LogP) is 3.74. The Balaban J connectivity index is 1.42. The van der Waals surface area contributed by atoms with E-state index in [1.807, 2.05) is 0 Å². The monoisotopic (exact) mass is 498 g/mol. The second-order valence-electron chi connectivity index (χ2n) is 8.14. The van der Waals surface area contributed by atoms with Gasteiger partial charge < -0.3 is 5.32 Å². The summed E-state index contributed by atoms with van der Waals surface area (Å²) in [4.78, 5) is 12.7. The number of rotatable bonds is 7. The van der Waals surface area contributed by atoms with Crippen LogP contribution in [0.1, 0.15) is 57.4 Å². The number of hydrogen-bond acceptors (Lipinski definition) is 7. The molecule has 1 aliphatic heterocycles. The van der Waals surface area contributed by atoms with Gasteiger partial charge in [0.05, 0.1) is 27.4 Å². The summed E-state index contributed by atoms with van der Waals surface area (Å²) in [6, 6.07) is 4.72. The Kier molecular flexibility index (Phi) is 7.70. The zero-order chi connectivity index (χ0) is 22.6. The van der Waals surface area contributed by atoms with Crippen LogP contribution in [0.4, 0.5) is 5.69 Å². The highest BCUT2D eigenvalue weighted by atomic mass is 35.5. The summed E-state index contributed by atoms with van der Waals surface area (Å²) in [6.07, 6.45) is 8.18. The second kappa shape index (κ2) is 10.5. The maximum Gasteiger partial charge on any atom is 0.243 e. The van der Waals surface area contributed by atoms with E-state index in [-0.39, 0.29) is 33.3 Å². The van der Waals surface area contributed by atoms with E-state index in [4.69, 9.17) is 11.6 Å². The number of halogens is 1. The van der Waals surface area contributed by atoms with Gasteiger partial charge >= 0.3 is 0 Å². The highest BCUT2D eigenvalue weighted by Crippen LogP contribution is 2.32. The Hall–Kier alpha value is -1.69. The van der Waals surface area contributed by atoms with Gasteiger partial charge in [0.25, 0.3) is 0 Å². The van der Waals surface area contributed by atoms with Gasteiger partial charge in [-0.3, -0.25) is 4.79 Å². The number of nitrogens with zero attached hydrogens (tertiary/aromatic N) is 5. The molecule has 12 heteroatoms. The third-order valence-corrected chi connectivity index (χ3v) is 9.04. The molecule has 2 aliphatic rings. The Morgan fingerprint density at radius 1 is 1.12 bits per heavy atom. The van der Waals surface area contributed by atoms with Crippen LogP contribution in [0.3, 0.4) is 0 Å². The molecule has 4 rings (SSSR count). The van der Waals surface area contributed by atoms with Gasteiger partial charge in [-0.1, -0.05) is 49.0 Å². The van der Waals surface area contributed by atoms with E-state index < -0.39 is 10.0 Å². The topological polar surface area (TPSA) is 110 Å². The van der Waals surface area contributed by atoms with Gasteiger partial charge in [0.1, 0.15) is 0 Å². The lowest BCUT2D eigenvalue weighted by atomic mass is 10.2. The summed E-state index contributed by atoms with van der Waals surface area (Å²) in [6.45, 7) is 1.03. The van der Waals surface area contributed by atoms with Crippen molar-refractivity contribution in [2.75, 3.05) is 24.2 Å². The number of amides is 1. The molecule has 0 atom stereocenters. The second-order valence-corrected chi connectivity index (χ2v) is 11.4. The summed E-state index contributed by atoms with van der Waals surface area (Å²) in [5, 5.41) is 15.5. The number of anilines is 1. The molecule has 1 aromatic heterocycles. The normalized spacial score (nSPS) is 18.5. The van der Waals surface area contributed by atoms with Gasteiger partial charge in [0.15, 0.2) is 0 Å². The molecule has 1 saturated carbocycles. The predicted molar refractivity (Wildman–Crippen MR) is 123 cm³/mol. The molecule has 1 aliphatic carbocycles. The SMILES string of the molecule is O=C(CSc1nnnn1C1CCCC1)Nc1cc(S(=O)(=O)N2CCCCCC2)ccc1Cl. The molecular weight excluding hydrogens is 472 g/mol. The quantitative estimate of drug-likeness (QED) is 0.579. The van der Waals surface area contributed by atoms with E-state index >= 15 is 0 Å². The van der Waals surface area contributed by atoms with Crippen molar-refractivity contribution in [2.45, 2.75) is 67.5 Å². The summed E-state index contributed by atoms with van der Waals surface area (Å²) in [5.74, 6) is -0.214. The fraction of sp³-hybridized carbons (Fsp3) is 0.600. The molecule has 1 saturated heterocycles. The van der Waals surface area contributed by atoms with E-state index in [9.17, 15) is 13.2 Å². The first-order valence-electron chi connectivity index (χ1n) is 11.0. The number of thioether (sulfide) groups is 1.